The molecule has 0 atom stereocenters. The van der Waals surface area contributed by atoms with Crippen LogP contribution in [0.5, 0.6) is 0 Å². The molecule has 2 aromatic carbocycles. The molecule has 0 saturated heterocycles. The quantitative estimate of drug-likeness (QED) is 0.404. The Morgan fingerprint density at radius 1 is 1.11 bits per heavy atom. The summed E-state index contributed by atoms with van der Waals surface area (Å²) in [7, 11) is 0. The zero-order valence-corrected chi connectivity index (χ0v) is 17.3. The summed E-state index contributed by atoms with van der Waals surface area (Å²) in [6, 6.07) is 18.6. The van der Waals surface area contributed by atoms with Crippen LogP contribution in [-0.2, 0) is 12.8 Å². The molecule has 0 aliphatic carbocycles. The predicted octanol–water partition coefficient (Wildman–Crippen LogP) is 5.91. The maximum absolute atomic E-state index is 9.49. The number of nitriles is 1. The molecule has 1 heterocycles. The molecule has 3 rings (SSSR count). The Bertz CT molecular complexity index is 977. The van der Waals surface area contributed by atoms with Gasteiger partial charge in [-0.15, -0.1) is 11.3 Å². The van der Waals surface area contributed by atoms with Gasteiger partial charge in [-0.05, 0) is 42.0 Å². The second-order valence-corrected chi connectivity index (χ2v) is 7.93. The number of anilines is 1. The monoisotopic (exact) mass is 388 g/mol. The third-order valence-corrected chi connectivity index (χ3v) is 5.21. The van der Waals surface area contributed by atoms with Crippen molar-refractivity contribution < 1.29 is 0 Å². The van der Waals surface area contributed by atoms with E-state index >= 15 is 0 Å². The average molecular weight is 389 g/mol. The zero-order valence-electron chi connectivity index (χ0n) is 16.4. The Kier molecular flexibility index (Phi) is 6.57. The number of hydrogen-bond acceptors (Lipinski definition) is 5. The first-order valence-corrected chi connectivity index (χ1v) is 10.3. The molecule has 0 unspecified atom stereocenters. The SMILES string of the molecule is CCc1ccc(N/N=C(\C#N)c2nc(-c3ccc(CC(C)C)cc3)cs2)cc1. The summed E-state index contributed by atoms with van der Waals surface area (Å²) < 4.78 is 0. The van der Waals surface area contributed by atoms with Crippen LogP contribution in [0.15, 0.2) is 59.0 Å². The second-order valence-electron chi connectivity index (χ2n) is 7.07. The molecule has 142 valence electrons. The topological polar surface area (TPSA) is 61.1 Å². The lowest BCUT2D eigenvalue weighted by Gasteiger charge is -2.05. The highest BCUT2D eigenvalue weighted by Crippen LogP contribution is 2.23. The van der Waals surface area contributed by atoms with Crippen molar-refractivity contribution in [3.05, 3.63) is 70.0 Å². The van der Waals surface area contributed by atoms with Crippen LogP contribution in [-0.4, -0.2) is 10.7 Å². The number of hydrogen-bond donors (Lipinski definition) is 1. The minimum absolute atomic E-state index is 0.284. The molecule has 1 aromatic heterocycles. The van der Waals surface area contributed by atoms with Gasteiger partial charge in [0.2, 0.25) is 0 Å². The molecule has 0 aliphatic rings. The van der Waals surface area contributed by atoms with E-state index in [1.54, 1.807) is 0 Å². The molecule has 0 bridgehead atoms. The summed E-state index contributed by atoms with van der Waals surface area (Å²) in [5.41, 5.74) is 8.59. The largest absolute Gasteiger partial charge is 0.277 e. The van der Waals surface area contributed by atoms with Crippen LogP contribution in [0.1, 0.15) is 36.9 Å². The maximum atomic E-state index is 9.49. The standard InChI is InChI=1S/C23H24N4S/c1-4-17-7-11-20(12-8-17)26-27-21(14-24)23-25-22(15-28-23)19-9-5-18(6-10-19)13-16(2)3/h5-12,15-16,26H,4,13H2,1-3H3/b27-21+. The number of rotatable bonds is 7. The molecule has 0 radical (unpaired) electrons. The van der Waals surface area contributed by atoms with E-state index in [4.69, 9.17) is 0 Å². The van der Waals surface area contributed by atoms with E-state index in [-0.39, 0.29) is 5.71 Å². The molecule has 3 aromatic rings. The van der Waals surface area contributed by atoms with Crippen LogP contribution in [0.4, 0.5) is 5.69 Å². The van der Waals surface area contributed by atoms with Crippen LogP contribution >= 0.6 is 11.3 Å². The van der Waals surface area contributed by atoms with Crippen molar-refractivity contribution in [2.75, 3.05) is 5.43 Å². The zero-order chi connectivity index (χ0) is 19.9. The summed E-state index contributed by atoms with van der Waals surface area (Å²) in [5.74, 6) is 0.636. The van der Waals surface area contributed by atoms with Crippen LogP contribution < -0.4 is 5.43 Å². The summed E-state index contributed by atoms with van der Waals surface area (Å²) in [5, 5.41) is 16.3. The molecule has 28 heavy (non-hydrogen) atoms. The van der Waals surface area contributed by atoms with E-state index in [0.717, 1.165) is 29.8 Å². The van der Waals surface area contributed by atoms with E-state index in [2.05, 4.69) is 66.6 Å². The minimum atomic E-state index is 0.284. The third-order valence-electron chi connectivity index (χ3n) is 4.37. The van der Waals surface area contributed by atoms with Gasteiger partial charge in [-0.1, -0.05) is 57.2 Å². The van der Waals surface area contributed by atoms with E-state index in [1.807, 2.05) is 29.6 Å². The first-order valence-electron chi connectivity index (χ1n) is 9.47. The summed E-state index contributed by atoms with van der Waals surface area (Å²) >= 11 is 1.43. The summed E-state index contributed by atoms with van der Waals surface area (Å²) in [6.07, 6.45) is 2.06. The van der Waals surface area contributed by atoms with Gasteiger partial charge in [0, 0.05) is 10.9 Å². The Morgan fingerprint density at radius 3 is 2.39 bits per heavy atom. The van der Waals surface area contributed by atoms with Gasteiger partial charge >= 0.3 is 0 Å². The summed E-state index contributed by atoms with van der Waals surface area (Å²) in [4.78, 5) is 4.61. The lowest BCUT2D eigenvalue weighted by molar-refractivity contribution is 0.647. The van der Waals surface area contributed by atoms with Crippen molar-refractivity contribution in [2.24, 2.45) is 11.0 Å². The number of thiazole rings is 1. The smallest absolute Gasteiger partial charge is 0.196 e. The fourth-order valence-electron chi connectivity index (χ4n) is 2.85. The minimum Gasteiger partial charge on any atom is -0.277 e. The maximum Gasteiger partial charge on any atom is 0.196 e. The Hall–Kier alpha value is -2.97. The molecule has 1 N–H and O–H groups in total. The first-order chi connectivity index (χ1) is 13.6. The van der Waals surface area contributed by atoms with Crippen LogP contribution in [0, 0.1) is 17.2 Å². The van der Waals surface area contributed by atoms with Crippen LogP contribution in [0.25, 0.3) is 11.3 Å². The number of benzene rings is 2. The van der Waals surface area contributed by atoms with Crippen molar-refractivity contribution in [3.63, 3.8) is 0 Å². The molecule has 0 aliphatic heterocycles. The normalized spacial score (nSPS) is 11.5. The van der Waals surface area contributed by atoms with Crippen molar-refractivity contribution in [1.29, 1.82) is 5.26 Å². The number of nitrogens with zero attached hydrogens (tertiary/aromatic N) is 3. The van der Waals surface area contributed by atoms with Gasteiger partial charge in [-0.2, -0.15) is 10.4 Å². The molecule has 0 fully saturated rings. The fourth-order valence-corrected chi connectivity index (χ4v) is 3.62. The lowest BCUT2D eigenvalue weighted by Crippen LogP contribution is -2.01. The Labute approximate surface area is 170 Å². The number of hydrazone groups is 1. The van der Waals surface area contributed by atoms with Gasteiger partial charge in [-0.25, -0.2) is 4.98 Å². The van der Waals surface area contributed by atoms with Gasteiger partial charge in [0.25, 0.3) is 0 Å². The molecule has 0 amide bonds. The van der Waals surface area contributed by atoms with E-state index < -0.39 is 0 Å². The highest BCUT2D eigenvalue weighted by atomic mass is 32.1. The molecule has 0 saturated carbocycles. The molecule has 0 spiro atoms. The fraction of sp³-hybridized carbons (Fsp3) is 0.261. The molecular formula is C23H24N4S. The molecule has 4 nitrogen and oxygen atoms in total. The van der Waals surface area contributed by atoms with Gasteiger partial charge in [0.15, 0.2) is 10.7 Å². The number of aryl methyl sites for hydroxylation is 1. The second kappa shape index (κ2) is 9.29. The Balaban J connectivity index is 1.74. The van der Waals surface area contributed by atoms with Crippen molar-refractivity contribution in [2.45, 2.75) is 33.6 Å². The number of nitrogens with one attached hydrogen (secondary N) is 1. The lowest BCUT2D eigenvalue weighted by atomic mass is 10.0. The van der Waals surface area contributed by atoms with Gasteiger partial charge < -0.3 is 0 Å². The third kappa shape index (κ3) is 5.05. The average Bonchev–Trinajstić information content (AvgIpc) is 3.19. The predicted molar refractivity (Wildman–Crippen MR) is 118 cm³/mol. The van der Waals surface area contributed by atoms with Crippen molar-refractivity contribution in [1.82, 2.24) is 4.98 Å². The van der Waals surface area contributed by atoms with E-state index in [0.29, 0.717) is 10.9 Å². The van der Waals surface area contributed by atoms with Gasteiger partial charge in [-0.3, -0.25) is 5.43 Å². The van der Waals surface area contributed by atoms with Crippen molar-refractivity contribution >= 4 is 22.7 Å². The van der Waals surface area contributed by atoms with E-state index in [9.17, 15) is 5.26 Å². The van der Waals surface area contributed by atoms with Gasteiger partial charge in [0.05, 0.1) is 11.4 Å². The van der Waals surface area contributed by atoms with Crippen LogP contribution in [0.2, 0.25) is 0 Å². The Morgan fingerprint density at radius 2 is 1.79 bits per heavy atom. The number of aromatic nitrogens is 1. The van der Waals surface area contributed by atoms with Crippen molar-refractivity contribution in [3.8, 4) is 17.3 Å². The van der Waals surface area contributed by atoms with E-state index in [1.165, 1.54) is 22.5 Å². The highest BCUT2D eigenvalue weighted by molar-refractivity contribution is 7.12. The highest BCUT2D eigenvalue weighted by Gasteiger charge is 2.11. The molecular weight excluding hydrogens is 364 g/mol. The van der Waals surface area contributed by atoms with Gasteiger partial charge in [0.1, 0.15) is 6.07 Å². The first kappa shape index (κ1) is 19.8. The molecule has 5 heteroatoms. The summed E-state index contributed by atoms with van der Waals surface area (Å²) in [6.45, 7) is 6.55. The van der Waals surface area contributed by atoms with Crippen LogP contribution in [0.3, 0.4) is 0 Å².